The van der Waals surface area contributed by atoms with Crippen molar-refractivity contribution in [3.8, 4) is 11.1 Å². The molecule has 2 aliphatic rings. The number of aliphatic hydroxyl groups is 1. The molecule has 1 N–H and O–H groups in total. The molecule has 0 aliphatic carbocycles. The number of nitrogens with zero attached hydrogens (tertiary/aromatic N) is 2. The van der Waals surface area contributed by atoms with Crippen LogP contribution in [0, 0.1) is 5.82 Å². The average molecular weight is 397 g/mol. The molecule has 4 rings (SSSR count). The molecular weight excluding hydrogens is 367 g/mol. The predicted molar refractivity (Wildman–Crippen MR) is 112 cm³/mol. The van der Waals surface area contributed by atoms with Crippen molar-refractivity contribution >= 4 is 5.91 Å². The molecule has 0 saturated carbocycles. The van der Waals surface area contributed by atoms with E-state index in [1.54, 1.807) is 12.1 Å². The molecule has 4 nitrogen and oxygen atoms in total. The smallest absolute Gasteiger partial charge is 0.222 e. The van der Waals surface area contributed by atoms with Crippen LogP contribution in [-0.2, 0) is 4.79 Å². The van der Waals surface area contributed by atoms with Gasteiger partial charge in [-0.2, -0.15) is 0 Å². The number of rotatable bonds is 4. The lowest BCUT2D eigenvalue weighted by Crippen LogP contribution is -2.67. The van der Waals surface area contributed by atoms with Crippen molar-refractivity contribution in [2.24, 2.45) is 0 Å². The molecule has 1 amide bonds. The molecule has 154 valence electrons. The Balaban J connectivity index is 1.57. The van der Waals surface area contributed by atoms with Crippen molar-refractivity contribution in [3.63, 3.8) is 0 Å². The molecule has 0 bridgehead atoms. The van der Waals surface area contributed by atoms with Crippen molar-refractivity contribution in [1.82, 2.24) is 9.80 Å². The summed E-state index contributed by atoms with van der Waals surface area (Å²) in [5, 5.41) is 10.0. The lowest BCUT2D eigenvalue weighted by Gasteiger charge is -2.57. The minimum atomic E-state index is -0.235. The number of carbonyl (C=O) groups is 1. The first-order chi connectivity index (χ1) is 14.1. The maximum atomic E-state index is 13.2. The zero-order valence-corrected chi connectivity index (χ0v) is 16.9. The van der Waals surface area contributed by atoms with E-state index < -0.39 is 0 Å². The third-order valence-corrected chi connectivity index (χ3v) is 6.50. The van der Waals surface area contributed by atoms with Crippen LogP contribution in [0.3, 0.4) is 0 Å². The number of benzene rings is 2. The number of fused-ring (bicyclic) bond motifs is 1. The summed E-state index contributed by atoms with van der Waals surface area (Å²) in [5.74, 6) is 0.193. The molecule has 2 saturated heterocycles. The molecule has 2 heterocycles. The van der Waals surface area contributed by atoms with Gasteiger partial charge in [0.15, 0.2) is 0 Å². The van der Waals surface area contributed by atoms with Gasteiger partial charge in [0, 0.05) is 37.5 Å². The quantitative estimate of drug-likeness (QED) is 0.858. The Morgan fingerprint density at radius 3 is 2.28 bits per heavy atom. The number of aliphatic hydroxyl groups excluding tert-OH is 1. The molecule has 2 aromatic carbocycles. The third-order valence-electron chi connectivity index (χ3n) is 6.50. The average Bonchev–Trinajstić information content (AvgIpc) is 2.73. The summed E-state index contributed by atoms with van der Waals surface area (Å²) in [6, 6.07) is 15.3. The van der Waals surface area contributed by atoms with Gasteiger partial charge < -0.3 is 10.0 Å². The number of hydrogen-bond acceptors (Lipinski definition) is 3. The summed E-state index contributed by atoms with van der Waals surface area (Å²) in [5.41, 5.74) is 3.23. The maximum Gasteiger partial charge on any atom is 0.222 e. The predicted octanol–water partition coefficient (Wildman–Crippen LogP) is 3.65. The van der Waals surface area contributed by atoms with E-state index in [1.165, 1.54) is 17.7 Å². The van der Waals surface area contributed by atoms with Crippen molar-refractivity contribution in [1.29, 1.82) is 0 Å². The SMILES string of the molecule is CCC(=O)N1CCCCN2[C@H](CO)[C@H](c3ccc(-c4ccc(F)cc4)cc3)[C@H]2C1. The van der Waals surface area contributed by atoms with Crippen LogP contribution in [0.15, 0.2) is 48.5 Å². The van der Waals surface area contributed by atoms with Crippen molar-refractivity contribution < 1.29 is 14.3 Å². The fraction of sp³-hybridized carbons (Fsp3) is 0.458. The summed E-state index contributed by atoms with van der Waals surface area (Å²) in [4.78, 5) is 16.7. The number of amides is 1. The molecule has 2 aromatic rings. The molecule has 0 unspecified atom stereocenters. The van der Waals surface area contributed by atoms with E-state index in [-0.39, 0.29) is 36.3 Å². The Kier molecular flexibility index (Phi) is 5.97. The number of halogens is 1. The molecule has 29 heavy (non-hydrogen) atoms. The van der Waals surface area contributed by atoms with E-state index in [2.05, 4.69) is 29.2 Å². The maximum absolute atomic E-state index is 13.2. The second-order valence-electron chi connectivity index (χ2n) is 8.11. The lowest BCUT2D eigenvalue weighted by molar-refractivity contribution is -0.136. The Hall–Kier alpha value is -2.24. The zero-order valence-electron chi connectivity index (χ0n) is 16.9. The molecule has 2 fully saturated rings. The minimum Gasteiger partial charge on any atom is -0.395 e. The Morgan fingerprint density at radius 2 is 1.66 bits per heavy atom. The number of carbonyl (C=O) groups excluding carboxylic acids is 1. The Morgan fingerprint density at radius 1 is 1.03 bits per heavy atom. The van der Waals surface area contributed by atoms with Gasteiger partial charge in [0.1, 0.15) is 5.82 Å². The van der Waals surface area contributed by atoms with Gasteiger partial charge in [-0.05, 0) is 48.2 Å². The third kappa shape index (κ3) is 3.94. The summed E-state index contributed by atoms with van der Waals surface area (Å²) in [6.45, 7) is 4.59. The van der Waals surface area contributed by atoms with Crippen LogP contribution in [0.25, 0.3) is 11.1 Å². The zero-order chi connectivity index (χ0) is 20.4. The second-order valence-corrected chi connectivity index (χ2v) is 8.11. The largest absolute Gasteiger partial charge is 0.395 e. The summed E-state index contributed by atoms with van der Waals surface area (Å²) >= 11 is 0. The summed E-state index contributed by atoms with van der Waals surface area (Å²) in [7, 11) is 0. The van der Waals surface area contributed by atoms with Crippen molar-refractivity contribution in [2.45, 2.75) is 44.2 Å². The Bertz CT molecular complexity index is 837. The van der Waals surface area contributed by atoms with E-state index in [0.717, 1.165) is 43.6 Å². The minimum absolute atomic E-state index is 0.105. The molecule has 0 aromatic heterocycles. The van der Waals surface area contributed by atoms with Crippen LogP contribution < -0.4 is 0 Å². The van der Waals surface area contributed by atoms with Gasteiger partial charge in [-0.25, -0.2) is 4.39 Å². The second kappa shape index (κ2) is 8.64. The molecule has 2 aliphatic heterocycles. The van der Waals surface area contributed by atoms with E-state index in [0.29, 0.717) is 6.42 Å². The van der Waals surface area contributed by atoms with Crippen LogP contribution in [0.1, 0.15) is 37.7 Å². The Labute approximate surface area is 171 Å². The monoisotopic (exact) mass is 396 g/mol. The van der Waals surface area contributed by atoms with Gasteiger partial charge in [-0.3, -0.25) is 9.69 Å². The normalized spacial score (nSPS) is 24.9. The first-order valence-electron chi connectivity index (χ1n) is 10.6. The molecule has 0 spiro atoms. The van der Waals surface area contributed by atoms with Crippen LogP contribution in [0.4, 0.5) is 4.39 Å². The highest BCUT2D eigenvalue weighted by Crippen LogP contribution is 2.42. The van der Waals surface area contributed by atoms with E-state index in [9.17, 15) is 14.3 Å². The van der Waals surface area contributed by atoms with Gasteiger partial charge in [-0.15, -0.1) is 0 Å². The highest BCUT2D eigenvalue weighted by atomic mass is 19.1. The van der Waals surface area contributed by atoms with Crippen LogP contribution in [0.5, 0.6) is 0 Å². The fourth-order valence-electron chi connectivity index (χ4n) is 4.93. The first kappa shape index (κ1) is 20.0. The van der Waals surface area contributed by atoms with Crippen LogP contribution in [-0.4, -0.2) is 59.1 Å². The van der Waals surface area contributed by atoms with Gasteiger partial charge >= 0.3 is 0 Å². The van der Waals surface area contributed by atoms with E-state index >= 15 is 0 Å². The highest BCUT2D eigenvalue weighted by Gasteiger charge is 2.49. The standard InChI is InChI=1S/C24H29FN2O2/c1-2-23(29)26-13-3-4-14-27-21(15-26)24(22(27)16-28)19-7-5-17(6-8-19)18-9-11-20(25)12-10-18/h5-12,21-22,24,28H,2-4,13-16H2,1H3/t21-,22-,24-/m1/s1. The highest BCUT2D eigenvalue weighted by molar-refractivity contribution is 5.76. The van der Waals surface area contributed by atoms with Gasteiger partial charge in [0.2, 0.25) is 5.91 Å². The van der Waals surface area contributed by atoms with Gasteiger partial charge in [0.25, 0.3) is 0 Å². The topological polar surface area (TPSA) is 43.8 Å². The summed E-state index contributed by atoms with van der Waals surface area (Å²) in [6.07, 6.45) is 2.61. The number of hydrogen-bond donors (Lipinski definition) is 1. The van der Waals surface area contributed by atoms with Crippen molar-refractivity contribution in [3.05, 3.63) is 59.9 Å². The molecule has 0 radical (unpaired) electrons. The first-order valence-corrected chi connectivity index (χ1v) is 10.6. The fourth-order valence-corrected chi connectivity index (χ4v) is 4.93. The van der Waals surface area contributed by atoms with Crippen LogP contribution in [0.2, 0.25) is 0 Å². The molecule has 5 heteroatoms. The summed E-state index contributed by atoms with van der Waals surface area (Å²) < 4.78 is 13.2. The van der Waals surface area contributed by atoms with Crippen molar-refractivity contribution in [2.75, 3.05) is 26.2 Å². The van der Waals surface area contributed by atoms with Gasteiger partial charge in [-0.1, -0.05) is 43.3 Å². The van der Waals surface area contributed by atoms with Crippen LogP contribution >= 0.6 is 0 Å². The van der Waals surface area contributed by atoms with E-state index in [1.807, 2.05) is 11.8 Å². The lowest BCUT2D eigenvalue weighted by atomic mass is 9.74. The van der Waals surface area contributed by atoms with E-state index in [4.69, 9.17) is 0 Å². The molecule has 3 atom stereocenters. The van der Waals surface area contributed by atoms with Gasteiger partial charge in [0.05, 0.1) is 6.61 Å². The molecular formula is C24H29FN2O2.